The number of nitrogens with one attached hydrogen (secondary N) is 1. The van der Waals surface area contributed by atoms with E-state index in [9.17, 15) is 4.79 Å². The predicted molar refractivity (Wildman–Crippen MR) is 102 cm³/mol. The molecule has 1 aliphatic rings. The van der Waals surface area contributed by atoms with Crippen LogP contribution in [0.4, 0.5) is 5.69 Å². The van der Waals surface area contributed by atoms with Crippen LogP contribution in [0.2, 0.25) is 0 Å². The first kappa shape index (κ1) is 18.4. The Morgan fingerprint density at radius 3 is 2.00 bits per heavy atom. The van der Waals surface area contributed by atoms with Gasteiger partial charge in [0.05, 0.1) is 41.2 Å². The van der Waals surface area contributed by atoms with Gasteiger partial charge in [0, 0.05) is 22.8 Å². The fourth-order valence-electron chi connectivity index (χ4n) is 3.05. The third-order valence-corrected chi connectivity index (χ3v) is 4.34. The zero-order valence-corrected chi connectivity index (χ0v) is 15.8. The van der Waals surface area contributed by atoms with Crippen molar-refractivity contribution in [1.82, 2.24) is 0 Å². The molecule has 0 saturated heterocycles. The molecule has 0 bridgehead atoms. The molecular formula is C20H21NO6. The van der Waals surface area contributed by atoms with Gasteiger partial charge in [-0.05, 0) is 24.3 Å². The van der Waals surface area contributed by atoms with Gasteiger partial charge in [-0.2, -0.15) is 0 Å². The van der Waals surface area contributed by atoms with Crippen LogP contribution >= 0.6 is 0 Å². The molecule has 1 aliphatic heterocycles. The van der Waals surface area contributed by atoms with Gasteiger partial charge in [-0.1, -0.05) is 0 Å². The van der Waals surface area contributed by atoms with Gasteiger partial charge >= 0.3 is 0 Å². The van der Waals surface area contributed by atoms with Gasteiger partial charge in [-0.3, -0.25) is 4.79 Å². The van der Waals surface area contributed by atoms with Crippen molar-refractivity contribution in [3.8, 4) is 28.7 Å². The van der Waals surface area contributed by atoms with Gasteiger partial charge in [0.1, 0.15) is 0 Å². The Labute approximate surface area is 157 Å². The number of hydrogen-bond donors (Lipinski definition) is 1. The van der Waals surface area contributed by atoms with Crippen molar-refractivity contribution in [1.29, 1.82) is 0 Å². The first-order valence-electron chi connectivity index (χ1n) is 8.16. The minimum atomic E-state index is -0.225. The van der Waals surface area contributed by atoms with E-state index in [2.05, 4.69) is 5.32 Å². The van der Waals surface area contributed by atoms with Crippen molar-refractivity contribution in [2.75, 3.05) is 40.9 Å². The zero-order chi connectivity index (χ0) is 19.6. The molecule has 142 valence electrons. The smallest absolute Gasteiger partial charge is 0.256 e. The summed E-state index contributed by atoms with van der Waals surface area (Å²) in [4.78, 5) is 12.6. The zero-order valence-electron chi connectivity index (χ0n) is 15.8. The molecule has 0 fully saturated rings. The van der Waals surface area contributed by atoms with E-state index in [0.717, 1.165) is 5.56 Å². The summed E-state index contributed by atoms with van der Waals surface area (Å²) in [6.07, 6.45) is 1.74. The highest BCUT2D eigenvalue weighted by Crippen LogP contribution is 2.44. The van der Waals surface area contributed by atoms with E-state index in [0.29, 0.717) is 45.6 Å². The number of rotatable bonds is 6. The molecule has 0 unspecified atom stereocenters. The fourth-order valence-corrected chi connectivity index (χ4v) is 3.05. The lowest BCUT2D eigenvalue weighted by Crippen LogP contribution is -2.04. The highest BCUT2D eigenvalue weighted by molar-refractivity contribution is 6.35. The molecule has 1 amide bonds. The molecule has 7 heteroatoms. The summed E-state index contributed by atoms with van der Waals surface area (Å²) in [7, 11) is 7.72. The number of carbonyl (C=O) groups is 1. The average molecular weight is 371 g/mol. The van der Waals surface area contributed by atoms with Crippen molar-refractivity contribution >= 4 is 23.2 Å². The van der Waals surface area contributed by atoms with Crippen LogP contribution in [0.5, 0.6) is 28.7 Å². The molecule has 0 spiro atoms. The summed E-state index contributed by atoms with van der Waals surface area (Å²) in [6.45, 7) is 0. The number of carbonyl (C=O) groups excluding carboxylic acids is 1. The second kappa shape index (κ2) is 7.49. The quantitative estimate of drug-likeness (QED) is 0.786. The first-order valence-corrected chi connectivity index (χ1v) is 8.16. The summed E-state index contributed by atoms with van der Waals surface area (Å²) < 4.78 is 26.9. The number of ether oxygens (including phenoxy) is 5. The summed E-state index contributed by atoms with van der Waals surface area (Å²) in [5, 5.41) is 2.84. The van der Waals surface area contributed by atoms with Gasteiger partial charge in [0.25, 0.3) is 5.91 Å². The molecule has 27 heavy (non-hydrogen) atoms. The Balaban J connectivity index is 2.16. The maximum absolute atomic E-state index is 12.6. The van der Waals surface area contributed by atoms with Crippen molar-refractivity contribution in [3.05, 3.63) is 35.4 Å². The third-order valence-electron chi connectivity index (χ3n) is 4.34. The molecule has 3 rings (SSSR count). The Kier molecular flexibility index (Phi) is 5.12. The van der Waals surface area contributed by atoms with E-state index in [-0.39, 0.29) is 5.91 Å². The van der Waals surface area contributed by atoms with Gasteiger partial charge in [-0.15, -0.1) is 0 Å². The lowest BCUT2D eigenvalue weighted by molar-refractivity contribution is -0.110. The van der Waals surface area contributed by atoms with Crippen molar-refractivity contribution < 1.29 is 28.5 Å². The normalized spacial score (nSPS) is 13.8. The highest BCUT2D eigenvalue weighted by atomic mass is 16.5. The summed E-state index contributed by atoms with van der Waals surface area (Å²) in [5.74, 6) is 2.34. The Morgan fingerprint density at radius 2 is 1.41 bits per heavy atom. The van der Waals surface area contributed by atoms with Crippen LogP contribution in [-0.2, 0) is 4.79 Å². The van der Waals surface area contributed by atoms with Crippen molar-refractivity contribution in [3.63, 3.8) is 0 Å². The van der Waals surface area contributed by atoms with Crippen LogP contribution in [0.15, 0.2) is 24.3 Å². The number of anilines is 1. The molecule has 7 nitrogen and oxygen atoms in total. The maximum Gasteiger partial charge on any atom is 0.256 e. The largest absolute Gasteiger partial charge is 0.493 e. The molecule has 1 heterocycles. The van der Waals surface area contributed by atoms with Gasteiger partial charge in [0.2, 0.25) is 5.75 Å². The molecule has 0 atom stereocenters. The Hall–Kier alpha value is -3.35. The van der Waals surface area contributed by atoms with Gasteiger partial charge < -0.3 is 29.0 Å². The molecule has 2 aromatic carbocycles. The van der Waals surface area contributed by atoms with E-state index in [4.69, 9.17) is 23.7 Å². The maximum atomic E-state index is 12.6. The molecule has 0 aliphatic carbocycles. The topological polar surface area (TPSA) is 75.2 Å². The fraction of sp³-hybridized carbons (Fsp3) is 0.250. The van der Waals surface area contributed by atoms with Crippen molar-refractivity contribution in [2.24, 2.45) is 0 Å². The van der Waals surface area contributed by atoms with E-state index >= 15 is 0 Å². The first-order chi connectivity index (χ1) is 13.1. The van der Waals surface area contributed by atoms with Crippen LogP contribution in [0, 0.1) is 0 Å². The third kappa shape index (κ3) is 3.12. The van der Waals surface area contributed by atoms with E-state index in [1.807, 2.05) is 0 Å². The monoisotopic (exact) mass is 371 g/mol. The number of hydrogen-bond acceptors (Lipinski definition) is 6. The average Bonchev–Trinajstić information content (AvgIpc) is 3.00. The predicted octanol–water partition coefficient (Wildman–Crippen LogP) is 3.22. The minimum absolute atomic E-state index is 0.225. The Morgan fingerprint density at radius 1 is 0.778 bits per heavy atom. The summed E-state index contributed by atoms with van der Waals surface area (Å²) in [5.41, 5.74) is 2.54. The van der Waals surface area contributed by atoms with Crippen molar-refractivity contribution in [2.45, 2.75) is 0 Å². The van der Waals surface area contributed by atoms with E-state index < -0.39 is 0 Å². The van der Waals surface area contributed by atoms with Crippen LogP contribution in [-0.4, -0.2) is 41.5 Å². The second-order valence-electron chi connectivity index (χ2n) is 5.69. The molecule has 0 aromatic heterocycles. The molecule has 0 radical (unpaired) electrons. The number of methoxy groups -OCH3 is 5. The molecule has 1 N–H and O–H groups in total. The van der Waals surface area contributed by atoms with Crippen LogP contribution in [0.25, 0.3) is 11.6 Å². The molecular weight excluding hydrogens is 350 g/mol. The highest BCUT2D eigenvalue weighted by Gasteiger charge is 2.27. The lowest BCUT2D eigenvalue weighted by Gasteiger charge is -2.14. The molecule has 2 aromatic rings. The molecule has 0 saturated carbocycles. The minimum Gasteiger partial charge on any atom is -0.493 e. The number of fused-ring (bicyclic) bond motifs is 1. The van der Waals surface area contributed by atoms with E-state index in [1.54, 1.807) is 51.7 Å². The van der Waals surface area contributed by atoms with Gasteiger partial charge in [0.15, 0.2) is 23.0 Å². The summed E-state index contributed by atoms with van der Waals surface area (Å²) >= 11 is 0. The second-order valence-corrected chi connectivity index (χ2v) is 5.69. The van der Waals surface area contributed by atoms with Crippen LogP contribution in [0.1, 0.15) is 11.1 Å². The standard InChI is InChI=1S/C20H21NO6/c1-23-15-7-6-11(18(26-4)19(15)27-5)8-13-12-9-16(24-2)17(25-3)10-14(12)21-20(13)22/h6-10H,1-5H3,(H,21,22). The SMILES string of the molecule is COc1cc2c(cc1OC)C(=Cc1ccc(OC)c(OC)c1OC)C(=O)N2. The Bertz CT molecular complexity index is 919. The number of amides is 1. The van der Waals surface area contributed by atoms with Crippen LogP contribution in [0.3, 0.4) is 0 Å². The lowest BCUT2D eigenvalue weighted by atomic mass is 10.0. The van der Waals surface area contributed by atoms with Gasteiger partial charge in [-0.25, -0.2) is 0 Å². The summed E-state index contributed by atoms with van der Waals surface area (Å²) in [6, 6.07) is 7.07. The van der Waals surface area contributed by atoms with E-state index in [1.165, 1.54) is 14.2 Å². The number of benzene rings is 2. The van der Waals surface area contributed by atoms with Crippen LogP contribution < -0.4 is 29.0 Å².